The van der Waals surface area contributed by atoms with Crippen molar-refractivity contribution in [1.82, 2.24) is 4.98 Å². The van der Waals surface area contributed by atoms with E-state index in [0.29, 0.717) is 11.6 Å². The van der Waals surface area contributed by atoms with E-state index in [9.17, 15) is 0 Å². The van der Waals surface area contributed by atoms with Crippen LogP contribution in [0.5, 0.6) is 0 Å². The molecule has 1 atom stereocenters. The molecule has 1 heterocycles. The number of nitrogens with two attached hydrogens (primary N) is 1. The Kier molecular flexibility index (Phi) is 5.77. The van der Waals surface area contributed by atoms with Gasteiger partial charge in [0.1, 0.15) is 5.82 Å². The monoisotopic (exact) mass is 268 g/mol. The summed E-state index contributed by atoms with van der Waals surface area (Å²) in [5, 5.41) is 11.8. The van der Waals surface area contributed by atoms with Crippen LogP contribution in [-0.4, -0.2) is 41.1 Å². The third-order valence-corrected chi connectivity index (χ3v) is 3.55. The van der Waals surface area contributed by atoms with Crippen LogP contribution in [0.2, 0.25) is 0 Å². The molecule has 1 aromatic heterocycles. The molecule has 5 nitrogen and oxygen atoms in total. The number of aromatic nitrogens is 1. The Balaban J connectivity index is 2.94. The minimum atomic E-state index is 0.0852. The van der Waals surface area contributed by atoms with Crippen LogP contribution >= 0.6 is 11.8 Å². The normalized spacial score (nSPS) is 13.4. The second kappa shape index (κ2) is 7.10. The number of nitrogens with zero attached hydrogens (tertiary/aromatic N) is 3. The number of thioether (sulfide) groups is 1. The molecule has 0 amide bonds. The van der Waals surface area contributed by atoms with Crippen molar-refractivity contribution in [3.8, 4) is 0 Å². The van der Waals surface area contributed by atoms with Gasteiger partial charge in [0.15, 0.2) is 5.84 Å². The summed E-state index contributed by atoms with van der Waals surface area (Å²) in [4.78, 5) is 6.38. The van der Waals surface area contributed by atoms with Gasteiger partial charge in [0.05, 0.1) is 5.56 Å². The molecule has 0 spiro atoms. The smallest absolute Gasteiger partial charge is 0.173 e. The second-order valence-corrected chi connectivity index (χ2v) is 5.09. The topological polar surface area (TPSA) is 74.7 Å². The highest BCUT2D eigenvalue weighted by Gasteiger charge is 2.16. The fraction of sp³-hybridized carbons (Fsp3) is 0.500. The number of hydrogen-bond acceptors (Lipinski definition) is 5. The number of pyridine rings is 1. The van der Waals surface area contributed by atoms with Crippen molar-refractivity contribution in [3.05, 3.63) is 23.9 Å². The van der Waals surface area contributed by atoms with Crippen LogP contribution in [0.1, 0.15) is 18.9 Å². The molecule has 0 aliphatic carbocycles. The zero-order chi connectivity index (χ0) is 13.5. The summed E-state index contributed by atoms with van der Waals surface area (Å²) in [6.45, 7) is 2.14. The quantitative estimate of drug-likeness (QED) is 0.356. The summed E-state index contributed by atoms with van der Waals surface area (Å²) in [6, 6.07) is 3.92. The predicted octanol–water partition coefficient (Wildman–Crippen LogP) is 1.75. The van der Waals surface area contributed by atoms with E-state index in [1.54, 1.807) is 18.3 Å². The first-order valence-corrected chi connectivity index (χ1v) is 7.15. The van der Waals surface area contributed by atoms with Gasteiger partial charge >= 0.3 is 0 Å². The van der Waals surface area contributed by atoms with Crippen molar-refractivity contribution >= 4 is 23.4 Å². The Morgan fingerprint density at radius 3 is 3.00 bits per heavy atom. The van der Waals surface area contributed by atoms with Crippen LogP contribution in [0.15, 0.2) is 23.5 Å². The lowest BCUT2D eigenvalue weighted by molar-refractivity contribution is 0.318. The first-order valence-electron chi connectivity index (χ1n) is 5.76. The highest BCUT2D eigenvalue weighted by molar-refractivity contribution is 7.98. The summed E-state index contributed by atoms with van der Waals surface area (Å²) in [6.07, 6.45) is 4.86. The maximum atomic E-state index is 8.79. The van der Waals surface area contributed by atoms with Gasteiger partial charge in [-0.25, -0.2) is 4.98 Å². The summed E-state index contributed by atoms with van der Waals surface area (Å²) in [5.74, 6) is 1.92. The first-order chi connectivity index (χ1) is 8.61. The van der Waals surface area contributed by atoms with Crippen molar-refractivity contribution in [2.24, 2.45) is 10.9 Å². The van der Waals surface area contributed by atoms with Crippen LogP contribution in [0, 0.1) is 0 Å². The Labute approximate surface area is 112 Å². The molecule has 6 heteroatoms. The number of hydrogen-bond donors (Lipinski definition) is 2. The lowest BCUT2D eigenvalue weighted by Crippen LogP contribution is -2.32. The van der Waals surface area contributed by atoms with Crippen LogP contribution in [0.3, 0.4) is 0 Å². The van der Waals surface area contributed by atoms with Crippen molar-refractivity contribution in [2.45, 2.75) is 19.4 Å². The molecule has 0 radical (unpaired) electrons. The average molecular weight is 268 g/mol. The molecule has 0 aliphatic rings. The van der Waals surface area contributed by atoms with E-state index in [2.05, 4.69) is 28.2 Å². The van der Waals surface area contributed by atoms with Gasteiger partial charge in [0.2, 0.25) is 0 Å². The molecule has 0 fully saturated rings. The largest absolute Gasteiger partial charge is 0.409 e. The highest BCUT2D eigenvalue weighted by Crippen LogP contribution is 2.19. The maximum absolute atomic E-state index is 8.79. The molecular formula is C12H20N4OS. The van der Waals surface area contributed by atoms with Crippen LogP contribution in [0.4, 0.5) is 5.82 Å². The number of oxime groups is 1. The molecule has 0 bridgehead atoms. The van der Waals surface area contributed by atoms with Crippen molar-refractivity contribution < 1.29 is 5.21 Å². The van der Waals surface area contributed by atoms with E-state index in [1.807, 2.05) is 18.8 Å². The molecule has 0 aliphatic heterocycles. The van der Waals surface area contributed by atoms with Gasteiger partial charge in [0.25, 0.3) is 0 Å². The SMILES string of the molecule is CSCCC(C)N(C)c1ncccc1/C(N)=N/O. The Bertz CT molecular complexity index is 411. The summed E-state index contributed by atoms with van der Waals surface area (Å²) in [7, 11) is 1.97. The lowest BCUT2D eigenvalue weighted by Gasteiger charge is -2.27. The molecule has 100 valence electrons. The second-order valence-electron chi connectivity index (χ2n) is 4.10. The Morgan fingerprint density at radius 2 is 2.39 bits per heavy atom. The average Bonchev–Trinajstić information content (AvgIpc) is 2.43. The van der Waals surface area contributed by atoms with Gasteiger partial charge in [-0.05, 0) is 37.5 Å². The number of amidine groups is 1. The molecule has 18 heavy (non-hydrogen) atoms. The van der Waals surface area contributed by atoms with E-state index in [-0.39, 0.29) is 5.84 Å². The van der Waals surface area contributed by atoms with Crippen LogP contribution in [0.25, 0.3) is 0 Å². The van der Waals surface area contributed by atoms with E-state index in [1.165, 1.54) is 0 Å². The molecule has 1 aromatic rings. The zero-order valence-electron chi connectivity index (χ0n) is 11.0. The Morgan fingerprint density at radius 1 is 1.67 bits per heavy atom. The number of rotatable bonds is 6. The van der Waals surface area contributed by atoms with Gasteiger partial charge < -0.3 is 15.8 Å². The third-order valence-electron chi connectivity index (χ3n) is 2.91. The minimum absolute atomic E-state index is 0.0852. The van der Waals surface area contributed by atoms with Gasteiger partial charge in [-0.1, -0.05) is 5.16 Å². The summed E-state index contributed by atoms with van der Waals surface area (Å²) >= 11 is 1.82. The van der Waals surface area contributed by atoms with Gasteiger partial charge in [-0.2, -0.15) is 11.8 Å². The standard InChI is InChI=1S/C12H20N4OS/c1-9(6-8-18-3)16(2)12-10(11(13)15-17)5-4-7-14-12/h4-5,7,9,17H,6,8H2,1-3H3,(H2,13,15). The van der Waals surface area contributed by atoms with E-state index in [0.717, 1.165) is 18.0 Å². The summed E-state index contributed by atoms with van der Waals surface area (Å²) < 4.78 is 0. The van der Waals surface area contributed by atoms with Gasteiger partial charge in [-0.3, -0.25) is 0 Å². The molecule has 0 aromatic carbocycles. The van der Waals surface area contributed by atoms with Crippen LogP contribution in [-0.2, 0) is 0 Å². The number of anilines is 1. The molecule has 1 unspecified atom stereocenters. The van der Waals surface area contributed by atoms with E-state index >= 15 is 0 Å². The van der Waals surface area contributed by atoms with Gasteiger partial charge in [-0.15, -0.1) is 0 Å². The van der Waals surface area contributed by atoms with E-state index in [4.69, 9.17) is 10.9 Å². The third kappa shape index (κ3) is 3.53. The molecule has 0 saturated carbocycles. The molecule has 3 N–H and O–H groups in total. The Hall–Kier alpha value is -1.43. The first kappa shape index (κ1) is 14.6. The summed E-state index contributed by atoms with van der Waals surface area (Å²) in [5.41, 5.74) is 6.31. The predicted molar refractivity (Wildman–Crippen MR) is 77.6 cm³/mol. The van der Waals surface area contributed by atoms with E-state index < -0.39 is 0 Å². The van der Waals surface area contributed by atoms with Crippen molar-refractivity contribution in [3.63, 3.8) is 0 Å². The van der Waals surface area contributed by atoms with Crippen molar-refractivity contribution in [2.75, 3.05) is 24.0 Å². The van der Waals surface area contributed by atoms with Crippen molar-refractivity contribution in [1.29, 1.82) is 0 Å². The molecule has 0 saturated heterocycles. The van der Waals surface area contributed by atoms with Crippen LogP contribution < -0.4 is 10.6 Å². The maximum Gasteiger partial charge on any atom is 0.173 e. The minimum Gasteiger partial charge on any atom is -0.409 e. The fourth-order valence-electron chi connectivity index (χ4n) is 1.62. The highest BCUT2D eigenvalue weighted by atomic mass is 32.2. The lowest BCUT2D eigenvalue weighted by atomic mass is 10.2. The molecule has 1 rings (SSSR count). The van der Waals surface area contributed by atoms with Gasteiger partial charge in [0, 0.05) is 19.3 Å². The fourth-order valence-corrected chi connectivity index (χ4v) is 2.20. The zero-order valence-corrected chi connectivity index (χ0v) is 11.8. The molecular weight excluding hydrogens is 248 g/mol.